The topological polar surface area (TPSA) is 65.0 Å². The summed E-state index contributed by atoms with van der Waals surface area (Å²) in [7, 11) is 4.53. The second-order valence-electron chi connectivity index (χ2n) is 4.91. The van der Waals surface area contributed by atoms with Crippen LogP contribution in [0.25, 0.3) is 0 Å². The van der Waals surface area contributed by atoms with Gasteiger partial charge in [0.15, 0.2) is 5.79 Å². The first kappa shape index (κ1) is 15.1. The Labute approximate surface area is 122 Å². The monoisotopic (exact) mass is 300 g/mol. The minimum atomic E-state index is -1.04. The number of carboxylic acids is 1. The maximum Gasteiger partial charge on any atom is 0.314 e. The third-order valence-electron chi connectivity index (χ3n) is 4.00. The Balaban J connectivity index is 2.37. The Bertz CT molecular complexity index is 516. The van der Waals surface area contributed by atoms with Crippen LogP contribution >= 0.6 is 11.6 Å². The predicted molar refractivity (Wildman–Crippen MR) is 73.3 cm³/mol. The molecule has 0 saturated heterocycles. The van der Waals surface area contributed by atoms with Crippen molar-refractivity contribution in [3.05, 3.63) is 28.8 Å². The Hall–Kier alpha value is -1.30. The molecule has 20 heavy (non-hydrogen) atoms. The SMILES string of the molecule is COc1ccc(C2(C(=O)O)CC(OC)(OC)C2)cc1Cl. The maximum absolute atomic E-state index is 11.7. The number of hydrogen-bond acceptors (Lipinski definition) is 4. The number of halogens is 1. The van der Waals surface area contributed by atoms with Crippen molar-refractivity contribution >= 4 is 17.6 Å². The highest BCUT2D eigenvalue weighted by Gasteiger charge is 2.61. The van der Waals surface area contributed by atoms with Crippen LogP contribution in [0.5, 0.6) is 5.75 Å². The van der Waals surface area contributed by atoms with Crippen molar-refractivity contribution in [1.82, 2.24) is 0 Å². The highest BCUT2D eigenvalue weighted by molar-refractivity contribution is 6.32. The molecule has 1 aromatic carbocycles. The van der Waals surface area contributed by atoms with Gasteiger partial charge < -0.3 is 19.3 Å². The molecular weight excluding hydrogens is 284 g/mol. The van der Waals surface area contributed by atoms with Gasteiger partial charge in [-0.1, -0.05) is 17.7 Å². The van der Waals surface area contributed by atoms with E-state index < -0.39 is 17.2 Å². The van der Waals surface area contributed by atoms with E-state index in [2.05, 4.69) is 0 Å². The van der Waals surface area contributed by atoms with Crippen molar-refractivity contribution in [3.63, 3.8) is 0 Å². The highest BCUT2D eigenvalue weighted by Crippen LogP contribution is 2.53. The fourth-order valence-corrected chi connectivity index (χ4v) is 2.94. The van der Waals surface area contributed by atoms with Gasteiger partial charge in [0.25, 0.3) is 0 Å². The lowest BCUT2D eigenvalue weighted by Gasteiger charge is -2.51. The lowest BCUT2D eigenvalue weighted by Crippen LogP contribution is -2.60. The van der Waals surface area contributed by atoms with Gasteiger partial charge in [0.05, 0.1) is 12.1 Å². The van der Waals surface area contributed by atoms with Crippen molar-refractivity contribution < 1.29 is 24.1 Å². The van der Waals surface area contributed by atoms with Crippen LogP contribution < -0.4 is 4.74 Å². The van der Waals surface area contributed by atoms with Crippen LogP contribution in [-0.2, 0) is 19.7 Å². The number of methoxy groups -OCH3 is 3. The zero-order valence-electron chi connectivity index (χ0n) is 11.6. The fourth-order valence-electron chi connectivity index (χ4n) is 2.68. The molecule has 1 aliphatic carbocycles. The van der Waals surface area contributed by atoms with Gasteiger partial charge in [0.2, 0.25) is 0 Å². The summed E-state index contributed by atoms with van der Waals surface area (Å²) in [5, 5.41) is 9.98. The number of carboxylic acid groups (broad SMARTS) is 1. The molecule has 6 heteroatoms. The Kier molecular flexibility index (Phi) is 3.95. The molecule has 5 nitrogen and oxygen atoms in total. The molecular formula is C14H17ClO5. The molecule has 1 N–H and O–H groups in total. The van der Waals surface area contributed by atoms with E-state index in [0.717, 1.165) is 0 Å². The molecule has 0 atom stereocenters. The molecule has 0 radical (unpaired) electrons. The van der Waals surface area contributed by atoms with Crippen molar-refractivity contribution in [1.29, 1.82) is 0 Å². The molecule has 1 aromatic rings. The first-order valence-electron chi connectivity index (χ1n) is 6.11. The number of rotatable bonds is 5. The van der Waals surface area contributed by atoms with Gasteiger partial charge in [-0.05, 0) is 17.7 Å². The third kappa shape index (κ3) is 2.16. The molecule has 0 spiro atoms. The van der Waals surface area contributed by atoms with Crippen LogP contribution in [0.15, 0.2) is 18.2 Å². The summed E-state index contributed by atoms with van der Waals surface area (Å²) in [6.45, 7) is 0. The standard InChI is InChI=1S/C14H17ClO5/c1-18-11-5-4-9(6-10(11)15)13(12(16)17)7-14(8-13,19-2)20-3/h4-6H,7-8H2,1-3H3,(H,16,17). The second-order valence-corrected chi connectivity index (χ2v) is 5.32. The molecule has 2 rings (SSSR count). The smallest absolute Gasteiger partial charge is 0.314 e. The molecule has 0 heterocycles. The van der Waals surface area contributed by atoms with Gasteiger partial charge in [-0.2, -0.15) is 0 Å². The summed E-state index contributed by atoms with van der Waals surface area (Å²) in [5.41, 5.74) is -0.414. The molecule has 110 valence electrons. The number of hydrogen-bond donors (Lipinski definition) is 1. The highest BCUT2D eigenvalue weighted by atomic mass is 35.5. The number of carbonyl (C=O) groups is 1. The third-order valence-corrected chi connectivity index (χ3v) is 4.30. The second kappa shape index (κ2) is 5.24. The summed E-state index contributed by atoms with van der Waals surface area (Å²) in [6.07, 6.45) is 0.482. The predicted octanol–water partition coefficient (Wildman–Crippen LogP) is 2.45. The fraction of sp³-hybridized carbons (Fsp3) is 0.500. The van der Waals surface area contributed by atoms with Gasteiger partial charge in [-0.25, -0.2) is 0 Å². The normalized spacial score (nSPS) is 19.2. The lowest BCUT2D eigenvalue weighted by atomic mass is 9.60. The first-order valence-corrected chi connectivity index (χ1v) is 6.48. The molecule has 0 amide bonds. The van der Waals surface area contributed by atoms with E-state index in [1.165, 1.54) is 21.3 Å². The summed E-state index contributed by atoms with van der Waals surface area (Å²) >= 11 is 6.08. The number of benzene rings is 1. The van der Waals surface area contributed by atoms with E-state index in [9.17, 15) is 9.90 Å². The van der Waals surface area contributed by atoms with E-state index in [0.29, 0.717) is 16.3 Å². The zero-order valence-corrected chi connectivity index (χ0v) is 12.4. The van der Waals surface area contributed by atoms with Crippen molar-refractivity contribution in [2.24, 2.45) is 0 Å². The van der Waals surface area contributed by atoms with Crippen LogP contribution in [0.1, 0.15) is 18.4 Å². The van der Waals surface area contributed by atoms with Crippen molar-refractivity contribution in [2.45, 2.75) is 24.0 Å². The average Bonchev–Trinajstić information content (AvgIpc) is 2.39. The minimum Gasteiger partial charge on any atom is -0.495 e. The lowest BCUT2D eigenvalue weighted by molar-refractivity contribution is -0.277. The number of aliphatic carboxylic acids is 1. The van der Waals surface area contributed by atoms with E-state index in [1.807, 2.05) is 0 Å². The van der Waals surface area contributed by atoms with Gasteiger partial charge in [0.1, 0.15) is 11.2 Å². The van der Waals surface area contributed by atoms with Crippen LogP contribution in [0.2, 0.25) is 5.02 Å². The largest absolute Gasteiger partial charge is 0.495 e. The van der Waals surface area contributed by atoms with Gasteiger partial charge in [-0.15, -0.1) is 0 Å². The average molecular weight is 301 g/mol. The Morgan fingerprint density at radius 3 is 2.25 bits per heavy atom. The van der Waals surface area contributed by atoms with E-state index in [4.69, 9.17) is 25.8 Å². The minimum absolute atomic E-state index is 0.241. The molecule has 0 bridgehead atoms. The number of ether oxygens (including phenoxy) is 3. The van der Waals surface area contributed by atoms with Crippen LogP contribution in [0.4, 0.5) is 0 Å². The Morgan fingerprint density at radius 2 is 1.85 bits per heavy atom. The summed E-state index contributed by atoms with van der Waals surface area (Å²) in [4.78, 5) is 11.7. The Morgan fingerprint density at radius 1 is 1.25 bits per heavy atom. The maximum atomic E-state index is 11.7. The quantitative estimate of drug-likeness (QED) is 0.846. The molecule has 0 aliphatic heterocycles. The molecule has 1 fully saturated rings. The van der Waals surface area contributed by atoms with Crippen LogP contribution in [0, 0.1) is 0 Å². The summed E-state index contributed by atoms with van der Waals surface area (Å²) < 4.78 is 15.6. The van der Waals surface area contributed by atoms with Gasteiger partial charge in [0, 0.05) is 27.1 Å². The van der Waals surface area contributed by atoms with Crippen LogP contribution in [-0.4, -0.2) is 38.2 Å². The first-order chi connectivity index (χ1) is 9.43. The van der Waals surface area contributed by atoms with Crippen molar-refractivity contribution in [3.8, 4) is 5.75 Å². The van der Waals surface area contributed by atoms with Crippen molar-refractivity contribution in [2.75, 3.05) is 21.3 Å². The van der Waals surface area contributed by atoms with E-state index in [-0.39, 0.29) is 12.8 Å². The van der Waals surface area contributed by atoms with Gasteiger partial charge in [-0.3, -0.25) is 4.79 Å². The molecule has 1 saturated carbocycles. The van der Waals surface area contributed by atoms with Crippen LogP contribution in [0.3, 0.4) is 0 Å². The van der Waals surface area contributed by atoms with E-state index in [1.54, 1.807) is 18.2 Å². The summed E-state index contributed by atoms with van der Waals surface area (Å²) in [5.74, 6) is -1.24. The molecule has 0 unspecified atom stereocenters. The zero-order chi connectivity index (χ0) is 15.0. The summed E-state index contributed by atoms with van der Waals surface area (Å²) in [6, 6.07) is 5.01. The molecule has 1 aliphatic rings. The molecule has 0 aromatic heterocycles. The van der Waals surface area contributed by atoms with Gasteiger partial charge >= 0.3 is 5.97 Å². The van der Waals surface area contributed by atoms with E-state index >= 15 is 0 Å².